The molecule has 0 N–H and O–H groups in total. The van der Waals surface area contributed by atoms with E-state index in [2.05, 4.69) is 0 Å². The SMILES string of the molecule is CCOC(=O)[C@@H](CN1C(=O)c2ccc(C(C)(C)C)cc2C1=O)C(C)=O. The molecule has 6 heteroatoms. The Balaban J connectivity index is 2.32. The highest BCUT2D eigenvalue weighted by Crippen LogP contribution is 2.30. The molecule has 1 atom stereocenters. The van der Waals surface area contributed by atoms with Crippen LogP contribution in [-0.2, 0) is 19.7 Å². The van der Waals surface area contributed by atoms with Crippen LogP contribution in [0.5, 0.6) is 0 Å². The third kappa shape index (κ3) is 3.62. The number of hydrogen-bond donors (Lipinski definition) is 0. The number of imide groups is 1. The van der Waals surface area contributed by atoms with E-state index in [0.717, 1.165) is 10.5 Å². The summed E-state index contributed by atoms with van der Waals surface area (Å²) < 4.78 is 4.88. The lowest BCUT2D eigenvalue weighted by molar-refractivity contribution is -0.151. The Morgan fingerprint density at radius 3 is 2.24 bits per heavy atom. The fourth-order valence-corrected chi connectivity index (χ4v) is 2.72. The Hall–Kier alpha value is -2.50. The molecule has 0 aromatic heterocycles. The van der Waals surface area contributed by atoms with E-state index in [1.807, 2.05) is 26.8 Å². The summed E-state index contributed by atoms with van der Waals surface area (Å²) >= 11 is 0. The van der Waals surface area contributed by atoms with Crippen LogP contribution in [0, 0.1) is 5.92 Å². The molecule has 0 radical (unpaired) electrons. The number of rotatable bonds is 5. The fraction of sp³-hybridized carbons (Fsp3) is 0.474. The van der Waals surface area contributed by atoms with Crippen LogP contribution in [-0.4, -0.2) is 41.6 Å². The fourth-order valence-electron chi connectivity index (χ4n) is 2.72. The topological polar surface area (TPSA) is 80.8 Å². The molecule has 0 spiro atoms. The summed E-state index contributed by atoms with van der Waals surface area (Å²) in [7, 11) is 0. The molecule has 1 heterocycles. The highest BCUT2D eigenvalue weighted by atomic mass is 16.5. The first kappa shape index (κ1) is 18.8. The number of carbonyl (C=O) groups is 4. The van der Waals surface area contributed by atoms with Crippen molar-refractivity contribution in [1.29, 1.82) is 0 Å². The van der Waals surface area contributed by atoms with E-state index in [4.69, 9.17) is 4.74 Å². The number of ether oxygens (including phenoxy) is 1. The summed E-state index contributed by atoms with van der Waals surface area (Å²) in [5, 5.41) is 0. The molecule has 6 nitrogen and oxygen atoms in total. The molecule has 2 amide bonds. The van der Waals surface area contributed by atoms with Crippen molar-refractivity contribution in [2.45, 2.75) is 40.0 Å². The van der Waals surface area contributed by atoms with E-state index < -0.39 is 29.5 Å². The molecule has 2 rings (SSSR count). The highest BCUT2D eigenvalue weighted by molar-refractivity contribution is 6.21. The van der Waals surface area contributed by atoms with Crippen LogP contribution in [0.1, 0.15) is 60.9 Å². The van der Waals surface area contributed by atoms with Gasteiger partial charge in [-0.2, -0.15) is 0 Å². The third-order valence-electron chi connectivity index (χ3n) is 4.26. The quantitative estimate of drug-likeness (QED) is 0.465. The Morgan fingerprint density at radius 1 is 1.12 bits per heavy atom. The second-order valence-corrected chi connectivity index (χ2v) is 7.15. The molecule has 0 saturated heterocycles. The second-order valence-electron chi connectivity index (χ2n) is 7.15. The zero-order valence-corrected chi connectivity index (χ0v) is 15.2. The van der Waals surface area contributed by atoms with Gasteiger partial charge in [-0.3, -0.25) is 24.1 Å². The highest BCUT2D eigenvalue weighted by Gasteiger charge is 2.40. The van der Waals surface area contributed by atoms with Crippen molar-refractivity contribution in [3.8, 4) is 0 Å². The molecule has 0 bridgehead atoms. The summed E-state index contributed by atoms with van der Waals surface area (Å²) in [5.74, 6) is -3.30. The zero-order valence-electron chi connectivity index (χ0n) is 15.2. The molecule has 0 unspecified atom stereocenters. The minimum absolute atomic E-state index is 0.125. The largest absolute Gasteiger partial charge is 0.465 e. The van der Waals surface area contributed by atoms with E-state index in [-0.39, 0.29) is 18.6 Å². The molecule has 0 aliphatic carbocycles. The first-order valence-corrected chi connectivity index (χ1v) is 8.25. The van der Waals surface area contributed by atoms with Gasteiger partial charge in [0.05, 0.1) is 17.7 Å². The molecule has 1 aromatic rings. The summed E-state index contributed by atoms with van der Waals surface area (Å²) in [6, 6.07) is 5.16. The number of fused-ring (bicyclic) bond motifs is 1. The Bertz CT molecular complexity index is 745. The number of hydrogen-bond acceptors (Lipinski definition) is 5. The zero-order chi connectivity index (χ0) is 18.9. The van der Waals surface area contributed by atoms with Gasteiger partial charge in [0.25, 0.3) is 11.8 Å². The summed E-state index contributed by atoms with van der Waals surface area (Å²) in [4.78, 5) is 49.9. The number of benzene rings is 1. The van der Waals surface area contributed by atoms with Gasteiger partial charge in [-0.15, -0.1) is 0 Å². The van der Waals surface area contributed by atoms with Crippen molar-refractivity contribution in [2.75, 3.05) is 13.2 Å². The molecule has 1 aromatic carbocycles. The number of carbonyl (C=O) groups excluding carboxylic acids is 4. The van der Waals surface area contributed by atoms with Crippen molar-refractivity contribution in [2.24, 2.45) is 5.92 Å². The van der Waals surface area contributed by atoms with Gasteiger partial charge in [-0.05, 0) is 37.0 Å². The number of ketones is 1. The van der Waals surface area contributed by atoms with Gasteiger partial charge in [-0.1, -0.05) is 26.8 Å². The summed E-state index contributed by atoms with van der Waals surface area (Å²) in [6.45, 7) is 8.74. The Kier molecular flexibility index (Phi) is 5.11. The number of esters is 1. The van der Waals surface area contributed by atoms with Gasteiger partial charge in [0.15, 0.2) is 0 Å². The number of nitrogens with zero attached hydrogens (tertiary/aromatic N) is 1. The van der Waals surface area contributed by atoms with E-state index in [0.29, 0.717) is 11.1 Å². The standard InChI is InChI=1S/C19H23NO5/c1-6-25-18(24)15(11(2)21)10-20-16(22)13-8-7-12(19(3,4)5)9-14(13)17(20)23/h7-9,15H,6,10H2,1-5H3/t15-/m0/s1. The van der Waals surface area contributed by atoms with Gasteiger partial charge < -0.3 is 4.74 Å². The molecule has 1 aliphatic heterocycles. The number of Topliss-reactive ketones (excluding diaryl/α,β-unsaturated/α-hetero) is 1. The third-order valence-corrected chi connectivity index (χ3v) is 4.26. The molecule has 134 valence electrons. The molecule has 0 fully saturated rings. The number of amides is 2. The summed E-state index contributed by atoms with van der Waals surface area (Å²) in [5.41, 5.74) is 1.37. The average Bonchev–Trinajstić information content (AvgIpc) is 2.75. The molecule has 0 saturated carbocycles. The normalized spacial score (nSPS) is 15.2. The van der Waals surface area contributed by atoms with Crippen molar-refractivity contribution in [3.63, 3.8) is 0 Å². The maximum atomic E-state index is 12.7. The lowest BCUT2D eigenvalue weighted by Crippen LogP contribution is -2.40. The van der Waals surface area contributed by atoms with Gasteiger partial charge in [-0.25, -0.2) is 0 Å². The first-order chi connectivity index (χ1) is 11.6. The maximum Gasteiger partial charge on any atom is 0.318 e. The van der Waals surface area contributed by atoms with Gasteiger partial charge in [0.1, 0.15) is 11.7 Å². The lowest BCUT2D eigenvalue weighted by Gasteiger charge is -2.19. The maximum absolute atomic E-state index is 12.7. The van der Waals surface area contributed by atoms with Gasteiger partial charge in [0, 0.05) is 6.54 Å². The average molecular weight is 345 g/mol. The van der Waals surface area contributed by atoms with Crippen LogP contribution in [0.15, 0.2) is 18.2 Å². The van der Waals surface area contributed by atoms with Crippen molar-refractivity contribution in [3.05, 3.63) is 34.9 Å². The molecular weight excluding hydrogens is 322 g/mol. The van der Waals surface area contributed by atoms with Crippen LogP contribution < -0.4 is 0 Å². The molecule has 25 heavy (non-hydrogen) atoms. The van der Waals surface area contributed by atoms with E-state index in [1.54, 1.807) is 19.1 Å². The van der Waals surface area contributed by atoms with Gasteiger partial charge in [0.2, 0.25) is 0 Å². The summed E-state index contributed by atoms with van der Waals surface area (Å²) in [6.07, 6.45) is 0. The monoisotopic (exact) mass is 345 g/mol. The Morgan fingerprint density at radius 2 is 1.72 bits per heavy atom. The van der Waals surface area contributed by atoms with E-state index in [1.165, 1.54) is 6.92 Å². The minimum Gasteiger partial charge on any atom is -0.465 e. The van der Waals surface area contributed by atoms with E-state index >= 15 is 0 Å². The lowest BCUT2D eigenvalue weighted by atomic mass is 9.85. The Labute approximate surface area is 147 Å². The van der Waals surface area contributed by atoms with E-state index in [9.17, 15) is 19.2 Å². The van der Waals surface area contributed by atoms with Crippen LogP contribution in [0.2, 0.25) is 0 Å². The predicted octanol–water partition coefficient (Wildman–Crippen LogP) is 2.35. The van der Waals surface area contributed by atoms with Gasteiger partial charge >= 0.3 is 5.97 Å². The van der Waals surface area contributed by atoms with Crippen LogP contribution in [0.25, 0.3) is 0 Å². The first-order valence-electron chi connectivity index (χ1n) is 8.25. The van der Waals surface area contributed by atoms with Crippen LogP contribution in [0.4, 0.5) is 0 Å². The van der Waals surface area contributed by atoms with Crippen molar-refractivity contribution >= 4 is 23.6 Å². The smallest absolute Gasteiger partial charge is 0.318 e. The van der Waals surface area contributed by atoms with Crippen LogP contribution >= 0.6 is 0 Å². The van der Waals surface area contributed by atoms with Crippen molar-refractivity contribution < 1.29 is 23.9 Å². The molecule has 1 aliphatic rings. The molecular formula is C19H23NO5. The van der Waals surface area contributed by atoms with Crippen molar-refractivity contribution in [1.82, 2.24) is 4.90 Å². The second kappa shape index (κ2) is 6.78. The van der Waals surface area contributed by atoms with Crippen LogP contribution in [0.3, 0.4) is 0 Å². The predicted molar refractivity (Wildman–Crippen MR) is 91.3 cm³/mol. The minimum atomic E-state index is -1.16.